The molecule has 2 atom stereocenters. The molecule has 0 aromatic heterocycles. The van der Waals surface area contributed by atoms with E-state index in [2.05, 4.69) is 32.0 Å². The lowest BCUT2D eigenvalue weighted by molar-refractivity contribution is -0.142. The number of nitrogens with zero attached hydrogens (tertiary/aromatic N) is 1. The largest absolute Gasteiger partial charge is 0.481 e. The molecule has 3 rings (SSSR count). The molecule has 0 radical (unpaired) electrons. The van der Waals surface area contributed by atoms with E-state index in [9.17, 15) is 14.7 Å². The van der Waals surface area contributed by atoms with E-state index < -0.39 is 5.97 Å². The average Bonchev–Trinajstić information content (AvgIpc) is 3.24. The predicted molar refractivity (Wildman–Crippen MR) is 88.2 cm³/mol. The van der Waals surface area contributed by atoms with Crippen LogP contribution in [0.4, 0.5) is 0 Å². The van der Waals surface area contributed by atoms with Gasteiger partial charge >= 0.3 is 5.97 Å². The Morgan fingerprint density at radius 3 is 2.57 bits per heavy atom. The molecular weight excluding hydrogens is 290 g/mol. The number of amides is 1. The number of hydrogen-bond acceptors (Lipinski definition) is 2. The fourth-order valence-corrected chi connectivity index (χ4v) is 3.82. The molecule has 0 spiro atoms. The summed E-state index contributed by atoms with van der Waals surface area (Å²) in [6.07, 6.45) is 3.44. The van der Waals surface area contributed by atoms with Crippen LogP contribution in [0.2, 0.25) is 0 Å². The monoisotopic (exact) mass is 315 g/mol. The smallest absolute Gasteiger partial charge is 0.308 e. The summed E-state index contributed by atoms with van der Waals surface area (Å²) in [6, 6.07) is 6.31. The van der Waals surface area contributed by atoms with Crippen molar-refractivity contribution >= 4 is 11.9 Å². The van der Waals surface area contributed by atoms with E-state index in [1.54, 1.807) is 4.90 Å². The minimum absolute atomic E-state index is 0.0966. The molecule has 1 aliphatic carbocycles. The third-order valence-corrected chi connectivity index (χ3v) is 5.37. The summed E-state index contributed by atoms with van der Waals surface area (Å²) in [5, 5.41) is 9.39. The van der Waals surface area contributed by atoms with E-state index in [1.807, 2.05) is 0 Å². The van der Waals surface area contributed by atoms with Crippen LogP contribution in [0.1, 0.15) is 36.0 Å². The van der Waals surface area contributed by atoms with Gasteiger partial charge in [-0.2, -0.15) is 0 Å². The van der Waals surface area contributed by atoms with Gasteiger partial charge in [0.25, 0.3) is 0 Å². The zero-order chi connectivity index (χ0) is 16.6. The van der Waals surface area contributed by atoms with E-state index in [0.29, 0.717) is 25.4 Å². The number of carbonyl (C=O) groups is 2. The molecule has 1 heterocycles. The van der Waals surface area contributed by atoms with Gasteiger partial charge in [-0.1, -0.05) is 23.8 Å². The second kappa shape index (κ2) is 6.34. The minimum Gasteiger partial charge on any atom is -0.481 e. The molecule has 1 aromatic carbocycles. The maximum absolute atomic E-state index is 12.5. The van der Waals surface area contributed by atoms with Gasteiger partial charge in [-0.05, 0) is 56.1 Å². The summed E-state index contributed by atoms with van der Waals surface area (Å²) in [5.74, 6) is -0.329. The first-order chi connectivity index (χ1) is 11.0. The minimum atomic E-state index is -0.744. The standard InChI is InChI=1S/C19H25NO3/c1-12-3-4-14(13(2)9-12)7-8-18(21)20-10-16(15-5-6-15)17(11-20)19(22)23/h3-4,9,15-17H,5-8,10-11H2,1-2H3,(H,22,23)/t16-,17+/m1/s1. The van der Waals surface area contributed by atoms with Crippen molar-refractivity contribution in [2.45, 2.75) is 39.5 Å². The van der Waals surface area contributed by atoms with Crippen molar-refractivity contribution in [3.8, 4) is 0 Å². The molecule has 2 aliphatic rings. The molecule has 124 valence electrons. The Morgan fingerprint density at radius 1 is 1.22 bits per heavy atom. The third-order valence-electron chi connectivity index (χ3n) is 5.37. The summed E-state index contributed by atoms with van der Waals surface area (Å²) < 4.78 is 0. The van der Waals surface area contributed by atoms with Crippen LogP contribution in [0, 0.1) is 31.6 Å². The number of likely N-dealkylation sites (tertiary alicyclic amines) is 1. The van der Waals surface area contributed by atoms with Crippen molar-refractivity contribution in [2.75, 3.05) is 13.1 Å². The maximum atomic E-state index is 12.5. The topological polar surface area (TPSA) is 57.6 Å². The van der Waals surface area contributed by atoms with Crippen LogP contribution in [0.25, 0.3) is 0 Å². The lowest BCUT2D eigenvalue weighted by Gasteiger charge is -2.16. The van der Waals surface area contributed by atoms with Gasteiger partial charge in [0.15, 0.2) is 0 Å². The van der Waals surface area contributed by atoms with Gasteiger partial charge in [0.1, 0.15) is 0 Å². The van der Waals surface area contributed by atoms with Crippen LogP contribution in [-0.2, 0) is 16.0 Å². The van der Waals surface area contributed by atoms with Crippen LogP contribution in [0.5, 0.6) is 0 Å². The highest BCUT2D eigenvalue weighted by Crippen LogP contribution is 2.44. The number of carbonyl (C=O) groups excluding carboxylic acids is 1. The summed E-state index contributed by atoms with van der Waals surface area (Å²) in [4.78, 5) is 25.7. The van der Waals surface area contributed by atoms with E-state index >= 15 is 0 Å². The normalized spacial score (nSPS) is 24.0. The highest BCUT2D eigenvalue weighted by Gasteiger charge is 2.46. The number of hydrogen-bond donors (Lipinski definition) is 1. The summed E-state index contributed by atoms with van der Waals surface area (Å²) in [5.41, 5.74) is 3.66. The zero-order valence-corrected chi connectivity index (χ0v) is 13.9. The molecule has 1 aromatic rings. The number of rotatable bonds is 5. The molecule has 1 amide bonds. The van der Waals surface area contributed by atoms with Gasteiger partial charge in [-0.25, -0.2) is 0 Å². The van der Waals surface area contributed by atoms with Crippen molar-refractivity contribution < 1.29 is 14.7 Å². The molecule has 1 aliphatic heterocycles. The summed E-state index contributed by atoms with van der Waals surface area (Å²) >= 11 is 0. The molecule has 4 heteroatoms. The molecule has 1 N–H and O–H groups in total. The SMILES string of the molecule is Cc1ccc(CCC(=O)N2C[C@H](C(=O)O)[C@@H](C3CC3)C2)c(C)c1. The molecule has 0 bridgehead atoms. The Bertz CT molecular complexity index is 621. The van der Waals surface area contributed by atoms with Gasteiger partial charge in [0, 0.05) is 19.5 Å². The number of carboxylic acids is 1. The first-order valence-electron chi connectivity index (χ1n) is 8.52. The fraction of sp³-hybridized carbons (Fsp3) is 0.579. The predicted octanol–water partition coefficient (Wildman–Crippen LogP) is 2.81. The quantitative estimate of drug-likeness (QED) is 0.909. The van der Waals surface area contributed by atoms with E-state index in [0.717, 1.165) is 19.3 Å². The molecular formula is C19H25NO3. The average molecular weight is 315 g/mol. The van der Waals surface area contributed by atoms with Crippen molar-refractivity contribution in [2.24, 2.45) is 17.8 Å². The Kier molecular flexibility index (Phi) is 4.42. The first-order valence-corrected chi connectivity index (χ1v) is 8.52. The van der Waals surface area contributed by atoms with Gasteiger partial charge in [-0.15, -0.1) is 0 Å². The molecule has 0 unspecified atom stereocenters. The molecule has 4 nitrogen and oxygen atoms in total. The van der Waals surface area contributed by atoms with Crippen molar-refractivity contribution in [1.82, 2.24) is 4.90 Å². The zero-order valence-electron chi connectivity index (χ0n) is 13.9. The Morgan fingerprint density at radius 2 is 1.96 bits per heavy atom. The Balaban J connectivity index is 1.59. The van der Waals surface area contributed by atoms with Crippen molar-refractivity contribution in [3.05, 3.63) is 34.9 Å². The molecule has 23 heavy (non-hydrogen) atoms. The Labute approximate surface area is 137 Å². The molecule has 1 saturated heterocycles. The van der Waals surface area contributed by atoms with E-state index in [1.165, 1.54) is 16.7 Å². The van der Waals surface area contributed by atoms with Crippen LogP contribution < -0.4 is 0 Å². The van der Waals surface area contributed by atoms with Crippen molar-refractivity contribution in [3.63, 3.8) is 0 Å². The summed E-state index contributed by atoms with van der Waals surface area (Å²) in [6.45, 7) is 5.16. The highest BCUT2D eigenvalue weighted by atomic mass is 16.4. The lowest BCUT2D eigenvalue weighted by Crippen LogP contribution is -2.30. The first kappa shape index (κ1) is 16.0. The van der Waals surface area contributed by atoms with Gasteiger partial charge < -0.3 is 10.0 Å². The number of aliphatic carboxylic acids is 1. The van der Waals surface area contributed by atoms with Crippen LogP contribution in [0.15, 0.2) is 18.2 Å². The lowest BCUT2D eigenvalue weighted by atomic mass is 9.92. The number of aryl methyl sites for hydroxylation is 3. The molecule has 1 saturated carbocycles. The van der Waals surface area contributed by atoms with E-state index in [-0.39, 0.29) is 17.7 Å². The van der Waals surface area contributed by atoms with Gasteiger partial charge in [-0.3, -0.25) is 9.59 Å². The second-order valence-electron chi connectivity index (χ2n) is 7.17. The third kappa shape index (κ3) is 3.57. The van der Waals surface area contributed by atoms with E-state index in [4.69, 9.17) is 0 Å². The van der Waals surface area contributed by atoms with Gasteiger partial charge in [0.2, 0.25) is 5.91 Å². The fourth-order valence-electron chi connectivity index (χ4n) is 3.82. The van der Waals surface area contributed by atoms with Crippen LogP contribution in [0.3, 0.4) is 0 Å². The summed E-state index contributed by atoms with van der Waals surface area (Å²) in [7, 11) is 0. The number of carboxylic acid groups (broad SMARTS) is 1. The van der Waals surface area contributed by atoms with Crippen LogP contribution in [-0.4, -0.2) is 35.0 Å². The van der Waals surface area contributed by atoms with Crippen LogP contribution >= 0.6 is 0 Å². The van der Waals surface area contributed by atoms with Gasteiger partial charge in [0.05, 0.1) is 5.92 Å². The maximum Gasteiger partial charge on any atom is 0.308 e. The molecule has 2 fully saturated rings. The van der Waals surface area contributed by atoms with Crippen molar-refractivity contribution in [1.29, 1.82) is 0 Å². The number of benzene rings is 1. The Hall–Kier alpha value is -1.84. The second-order valence-corrected chi connectivity index (χ2v) is 7.17. The highest BCUT2D eigenvalue weighted by molar-refractivity contribution is 5.79.